The molecule has 3 heterocycles. The van der Waals surface area contributed by atoms with Gasteiger partial charge in [0, 0.05) is 25.0 Å². The Labute approximate surface area is 163 Å². The Kier molecular flexibility index (Phi) is 5.21. The van der Waals surface area contributed by atoms with Crippen molar-refractivity contribution >= 4 is 5.97 Å². The van der Waals surface area contributed by atoms with Gasteiger partial charge in [-0.3, -0.25) is 4.90 Å². The van der Waals surface area contributed by atoms with Gasteiger partial charge in [0.05, 0.1) is 25.3 Å². The Bertz CT molecular complexity index is 947. The van der Waals surface area contributed by atoms with Crippen LogP contribution in [0, 0.1) is 0 Å². The lowest BCUT2D eigenvalue weighted by Crippen LogP contribution is -2.34. The molecule has 0 spiro atoms. The lowest BCUT2D eigenvalue weighted by molar-refractivity contribution is 0.0600. The molecule has 0 amide bonds. The first kappa shape index (κ1) is 18.4. The smallest absolute Gasteiger partial charge is 0.337 e. The van der Waals surface area contributed by atoms with Crippen molar-refractivity contribution in [1.29, 1.82) is 0 Å². The molecule has 0 aliphatic carbocycles. The summed E-state index contributed by atoms with van der Waals surface area (Å²) in [5.41, 5.74) is 1.28. The van der Waals surface area contributed by atoms with Gasteiger partial charge >= 0.3 is 5.97 Å². The molecule has 0 N–H and O–H groups in total. The Morgan fingerprint density at radius 1 is 1.29 bits per heavy atom. The van der Waals surface area contributed by atoms with E-state index < -0.39 is 0 Å². The number of carbonyl (C=O) groups is 1. The van der Waals surface area contributed by atoms with E-state index in [0.717, 1.165) is 30.8 Å². The number of benzene rings is 1. The van der Waals surface area contributed by atoms with E-state index in [1.165, 1.54) is 13.5 Å². The zero-order valence-electron chi connectivity index (χ0n) is 16.0. The van der Waals surface area contributed by atoms with Crippen molar-refractivity contribution in [3.8, 4) is 11.4 Å². The van der Waals surface area contributed by atoms with E-state index in [9.17, 15) is 4.79 Å². The van der Waals surface area contributed by atoms with Crippen molar-refractivity contribution in [2.24, 2.45) is 7.05 Å². The van der Waals surface area contributed by atoms with Gasteiger partial charge in [0.2, 0.25) is 11.7 Å². The predicted molar refractivity (Wildman–Crippen MR) is 101 cm³/mol. The number of likely N-dealkylation sites (tertiary alicyclic amines) is 1. The molecule has 8 nitrogen and oxygen atoms in total. The third-order valence-corrected chi connectivity index (χ3v) is 5.14. The summed E-state index contributed by atoms with van der Waals surface area (Å²) in [6, 6.07) is 7.22. The van der Waals surface area contributed by atoms with Crippen LogP contribution >= 0.6 is 0 Å². The fourth-order valence-corrected chi connectivity index (χ4v) is 3.65. The molecule has 0 unspecified atom stereocenters. The van der Waals surface area contributed by atoms with Crippen LogP contribution in [0.1, 0.15) is 47.4 Å². The highest BCUT2D eigenvalue weighted by molar-refractivity contribution is 5.89. The van der Waals surface area contributed by atoms with E-state index in [-0.39, 0.29) is 12.0 Å². The highest BCUT2D eigenvalue weighted by Gasteiger charge is 2.28. The molecule has 1 saturated heterocycles. The minimum atomic E-state index is -0.370. The fourth-order valence-electron chi connectivity index (χ4n) is 3.65. The predicted octanol–water partition coefficient (Wildman–Crippen LogP) is 2.98. The summed E-state index contributed by atoms with van der Waals surface area (Å²) in [4.78, 5) is 23.0. The van der Waals surface area contributed by atoms with Crippen molar-refractivity contribution in [3.63, 3.8) is 0 Å². The Balaban J connectivity index is 1.49. The highest BCUT2D eigenvalue weighted by Crippen LogP contribution is 2.31. The van der Waals surface area contributed by atoms with Crippen molar-refractivity contribution in [1.82, 2.24) is 24.6 Å². The zero-order chi connectivity index (χ0) is 19.5. The number of carbonyl (C=O) groups excluding carboxylic acids is 1. The second-order valence-electron chi connectivity index (χ2n) is 6.96. The van der Waals surface area contributed by atoms with Crippen molar-refractivity contribution < 1.29 is 14.1 Å². The standard InChI is InChI=1S/C20H23N5O3/c1-24-12-10-21-19(24)16-5-3-4-11-25(16)13-17-22-18(23-28-17)14-6-8-15(9-7-14)20(26)27-2/h6-10,12,16H,3-5,11,13H2,1-2H3/t16-/m0/s1. The Morgan fingerprint density at radius 2 is 2.11 bits per heavy atom. The van der Waals surface area contributed by atoms with Crippen LogP contribution < -0.4 is 0 Å². The zero-order valence-corrected chi connectivity index (χ0v) is 16.0. The molecule has 146 valence electrons. The summed E-state index contributed by atoms with van der Waals surface area (Å²) < 4.78 is 12.3. The van der Waals surface area contributed by atoms with Crippen LogP contribution in [0.4, 0.5) is 0 Å². The molecule has 0 radical (unpaired) electrons. The van der Waals surface area contributed by atoms with E-state index in [4.69, 9.17) is 9.26 Å². The van der Waals surface area contributed by atoms with Crippen molar-refractivity contribution in [2.75, 3.05) is 13.7 Å². The number of aryl methyl sites for hydroxylation is 1. The van der Waals surface area contributed by atoms with E-state index >= 15 is 0 Å². The highest BCUT2D eigenvalue weighted by atomic mass is 16.5. The van der Waals surface area contributed by atoms with Gasteiger partial charge in [0.1, 0.15) is 5.82 Å². The Morgan fingerprint density at radius 3 is 2.82 bits per heavy atom. The second-order valence-corrected chi connectivity index (χ2v) is 6.96. The molecule has 1 fully saturated rings. The summed E-state index contributed by atoms with van der Waals surface area (Å²) >= 11 is 0. The lowest BCUT2D eigenvalue weighted by Gasteiger charge is -2.34. The molecular formula is C20H23N5O3. The molecular weight excluding hydrogens is 358 g/mol. The fraction of sp³-hybridized carbons (Fsp3) is 0.400. The summed E-state index contributed by atoms with van der Waals surface area (Å²) in [5, 5.41) is 4.10. The van der Waals surface area contributed by atoms with Crippen LogP contribution in [0.3, 0.4) is 0 Å². The van der Waals surface area contributed by atoms with Crippen LogP contribution in [0.2, 0.25) is 0 Å². The maximum Gasteiger partial charge on any atom is 0.337 e. The monoisotopic (exact) mass is 381 g/mol. The molecule has 0 saturated carbocycles. The number of aromatic nitrogens is 4. The summed E-state index contributed by atoms with van der Waals surface area (Å²) in [7, 11) is 3.39. The first-order valence-electron chi connectivity index (χ1n) is 9.38. The van der Waals surface area contributed by atoms with E-state index in [1.54, 1.807) is 24.3 Å². The van der Waals surface area contributed by atoms with Crippen LogP contribution in [0.15, 0.2) is 41.2 Å². The number of piperidine rings is 1. The third kappa shape index (κ3) is 3.68. The molecule has 1 aromatic carbocycles. The average Bonchev–Trinajstić information content (AvgIpc) is 3.37. The van der Waals surface area contributed by atoms with Crippen molar-refractivity contribution in [3.05, 3.63) is 53.9 Å². The third-order valence-electron chi connectivity index (χ3n) is 5.14. The second kappa shape index (κ2) is 7.93. The molecule has 2 aromatic heterocycles. The summed E-state index contributed by atoms with van der Waals surface area (Å²) in [6.45, 7) is 1.56. The van der Waals surface area contributed by atoms with E-state index in [0.29, 0.717) is 23.8 Å². The van der Waals surface area contributed by atoms with Gasteiger partial charge in [-0.05, 0) is 31.5 Å². The van der Waals surface area contributed by atoms with Gasteiger partial charge < -0.3 is 13.8 Å². The van der Waals surface area contributed by atoms with E-state index in [2.05, 4.69) is 24.6 Å². The molecule has 3 aromatic rings. The van der Waals surface area contributed by atoms with Gasteiger partial charge in [-0.1, -0.05) is 23.7 Å². The Hall–Kier alpha value is -3.00. The van der Waals surface area contributed by atoms with Gasteiger partial charge in [0.15, 0.2) is 0 Å². The number of hydrogen-bond acceptors (Lipinski definition) is 7. The maximum absolute atomic E-state index is 11.6. The maximum atomic E-state index is 11.6. The quantitative estimate of drug-likeness (QED) is 0.628. The largest absolute Gasteiger partial charge is 0.465 e. The molecule has 1 aliphatic heterocycles. The number of imidazole rings is 1. The SMILES string of the molecule is COC(=O)c1ccc(-c2noc(CN3CCCC[C@H]3c3nccn3C)n2)cc1. The topological polar surface area (TPSA) is 86.3 Å². The molecule has 4 rings (SSSR count). The van der Waals surface area contributed by atoms with E-state index in [1.807, 2.05) is 19.4 Å². The van der Waals surface area contributed by atoms with Gasteiger partial charge in [-0.15, -0.1) is 0 Å². The normalized spacial score (nSPS) is 17.6. The molecule has 28 heavy (non-hydrogen) atoms. The minimum absolute atomic E-state index is 0.253. The van der Waals surface area contributed by atoms with Crippen molar-refractivity contribution in [2.45, 2.75) is 31.8 Å². The first-order chi connectivity index (χ1) is 13.7. The van der Waals surface area contributed by atoms with Crippen LogP contribution in [-0.2, 0) is 18.3 Å². The molecule has 1 atom stereocenters. The van der Waals surface area contributed by atoms with Crippen LogP contribution in [0.25, 0.3) is 11.4 Å². The number of nitrogens with zero attached hydrogens (tertiary/aromatic N) is 5. The number of methoxy groups -OCH3 is 1. The molecule has 1 aliphatic rings. The number of rotatable bonds is 5. The molecule has 8 heteroatoms. The summed E-state index contributed by atoms with van der Waals surface area (Å²) in [6.07, 6.45) is 7.23. The lowest BCUT2D eigenvalue weighted by atomic mass is 10.0. The minimum Gasteiger partial charge on any atom is -0.465 e. The van der Waals surface area contributed by atoms with Crippen LogP contribution in [0.5, 0.6) is 0 Å². The van der Waals surface area contributed by atoms with Gasteiger partial charge in [-0.25, -0.2) is 9.78 Å². The van der Waals surface area contributed by atoms with Gasteiger partial charge in [-0.2, -0.15) is 4.98 Å². The number of esters is 1. The number of ether oxygens (including phenoxy) is 1. The summed E-state index contributed by atoms with van der Waals surface area (Å²) in [5.74, 6) is 1.79. The number of hydrogen-bond donors (Lipinski definition) is 0. The molecule has 0 bridgehead atoms. The van der Waals surface area contributed by atoms with Gasteiger partial charge in [0.25, 0.3) is 0 Å². The average molecular weight is 381 g/mol. The van der Waals surface area contributed by atoms with Crippen LogP contribution in [-0.4, -0.2) is 44.2 Å². The first-order valence-corrected chi connectivity index (χ1v) is 9.38.